The number of rotatable bonds is 4. The highest BCUT2D eigenvalue weighted by molar-refractivity contribution is 6.33. The summed E-state index contributed by atoms with van der Waals surface area (Å²) in [4.78, 5) is 38.2. The number of ether oxygens (including phenoxy) is 1. The van der Waals surface area contributed by atoms with Gasteiger partial charge < -0.3 is 9.64 Å². The molecular formula is C21H17Cl2NO4. The Labute approximate surface area is 172 Å². The van der Waals surface area contributed by atoms with Crippen molar-refractivity contribution in [3.05, 3.63) is 63.1 Å². The maximum Gasteiger partial charge on any atom is 0.255 e. The maximum atomic E-state index is 12.8. The molecule has 1 aliphatic carbocycles. The van der Waals surface area contributed by atoms with Crippen LogP contribution in [-0.2, 0) is 22.7 Å². The molecule has 0 bridgehead atoms. The molecule has 144 valence electrons. The molecule has 2 aromatic carbocycles. The highest BCUT2D eigenvalue weighted by atomic mass is 35.5. The Morgan fingerprint density at radius 2 is 1.93 bits per heavy atom. The van der Waals surface area contributed by atoms with Gasteiger partial charge in [-0.25, -0.2) is 0 Å². The van der Waals surface area contributed by atoms with Crippen LogP contribution in [0.5, 0.6) is 5.75 Å². The van der Waals surface area contributed by atoms with Gasteiger partial charge in [-0.05, 0) is 36.8 Å². The van der Waals surface area contributed by atoms with Crippen LogP contribution in [0.2, 0.25) is 10.0 Å². The van der Waals surface area contributed by atoms with Gasteiger partial charge in [-0.1, -0.05) is 29.3 Å². The summed E-state index contributed by atoms with van der Waals surface area (Å²) < 4.78 is 5.94. The molecule has 2 aliphatic rings. The van der Waals surface area contributed by atoms with E-state index in [1.807, 2.05) is 0 Å². The SMILES string of the molecule is O=C1CCC(N2Cc3c(OCc4cc(Cl)ccc4Cl)cccc3C2=O)C(=O)C1. The number of halogens is 2. The Bertz CT molecular complexity index is 988. The summed E-state index contributed by atoms with van der Waals surface area (Å²) in [5.74, 6) is 0.121. The average Bonchev–Trinajstić information content (AvgIpc) is 3.00. The van der Waals surface area contributed by atoms with Crippen molar-refractivity contribution >= 4 is 40.7 Å². The van der Waals surface area contributed by atoms with Crippen LogP contribution in [0.3, 0.4) is 0 Å². The molecule has 0 spiro atoms. The third-order valence-electron chi connectivity index (χ3n) is 5.16. The minimum absolute atomic E-state index is 0.0622. The van der Waals surface area contributed by atoms with Crippen molar-refractivity contribution in [2.45, 2.75) is 38.5 Å². The van der Waals surface area contributed by atoms with E-state index < -0.39 is 6.04 Å². The number of hydrogen-bond donors (Lipinski definition) is 0. The lowest BCUT2D eigenvalue weighted by atomic mass is 9.92. The van der Waals surface area contributed by atoms with Crippen molar-refractivity contribution in [3.63, 3.8) is 0 Å². The zero-order valence-corrected chi connectivity index (χ0v) is 16.4. The fraction of sp³-hybridized carbons (Fsp3) is 0.286. The van der Waals surface area contributed by atoms with E-state index in [-0.39, 0.29) is 37.0 Å². The van der Waals surface area contributed by atoms with Crippen molar-refractivity contribution in [1.82, 2.24) is 4.90 Å². The van der Waals surface area contributed by atoms with E-state index in [1.165, 1.54) is 0 Å². The standard InChI is InChI=1S/C21H17Cl2NO4/c22-13-4-6-17(23)12(8-13)11-28-20-3-1-2-15-16(20)10-24(21(15)27)18-7-5-14(25)9-19(18)26/h1-4,6,8,18H,5,7,9-11H2. The number of carbonyl (C=O) groups excluding carboxylic acids is 3. The maximum absolute atomic E-state index is 12.8. The second-order valence-corrected chi connectivity index (χ2v) is 7.82. The molecule has 4 rings (SSSR count). The van der Waals surface area contributed by atoms with E-state index in [0.717, 1.165) is 11.1 Å². The molecule has 1 amide bonds. The van der Waals surface area contributed by atoms with Gasteiger partial charge in [0, 0.05) is 33.2 Å². The molecule has 1 fully saturated rings. The molecule has 0 N–H and O–H groups in total. The molecule has 0 radical (unpaired) electrons. The lowest BCUT2D eigenvalue weighted by Gasteiger charge is -2.29. The van der Waals surface area contributed by atoms with E-state index in [2.05, 4.69) is 0 Å². The smallest absolute Gasteiger partial charge is 0.255 e. The Hall–Kier alpha value is -2.37. The van der Waals surface area contributed by atoms with Gasteiger partial charge >= 0.3 is 0 Å². The number of benzene rings is 2. The molecule has 5 nitrogen and oxygen atoms in total. The normalized spacial score (nSPS) is 19.1. The summed E-state index contributed by atoms with van der Waals surface area (Å²) in [6, 6.07) is 9.88. The lowest BCUT2D eigenvalue weighted by Crippen LogP contribution is -2.44. The number of ketones is 2. The largest absolute Gasteiger partial charge is 0.488 e. The first-order valence-corrected chi connectivity index (χ1v) is 9.73. The van der Waals surface area contributed by atoms with Crippen LogP contribution in [0.4, 0.5) is 0 Å². The quantitative estimate of drug-likeness (QED) is 0.698. The highest BCUT2D eigenvalue weighted by Gasteiger charge is 2.39. The average molecular weight is 418 g/mol. The number of carbonyl (C=O) groups is 3. The third-order valence-corrected chi connectivity index (χ3v) is 5.76. The Morgan fingerprint density at radius 1 is 1.11 bits per heavy atom. The van der Waals surface area contributed by atoms with Gasteiger partial charge in [-0.15, -0.1) is 0 Å². The predicted octanol–water partition coefficient (Wildman–Crippen LogP) is 4.22. The van der Waals surface area contributed by atoms with Crippen LogP contribution in [0.25, 0.3) is 0 Å². The fourth-order valence-electron chi connectivity index (χ4n) is 3.71. The molecule has 1 saturated carbocycles. The minimum atomic E-state index is -0.548. The van der Waals surface area contributed by atoms with Gasteiger partial charge in [0.05, 0.1) is 19.0 Å². The summed E-state index contributed by atoms with van der Waals surface area (Å²) in [6.07, 6.45) is 0.611. The Morgan fingerprint density at radius 3 is 2.71 bits per heavy atom. The lowest BCUT2D eigenvalue weighted by molar-refractivity contribution is -0.133. The highest BCUT2D eigenvalue weighted by Crippen LogP contribution is 2.35. The molecule has 1 unspecified atom stereocenters. The van der Waals surface area contributed by atoms with Crippen LogP contribution in [0, 0.1) is 0 Å². The molecular weight excluding hydrogens is 401 g/mol. The molecule has 7 heteroatoms. The van der Waals surface area contributed by atoms with Crippen LogP contribution >= 0.6 is 23.2 Å². The summed E-state index contributed by atoms with van der Waals surface area (Å²) in [5.41, 5.74) is 2.02. The molecule has 0 aromatic heterocycles. The number of amides is 1. The van der Waals surface area contributed by atoms with Crippen molar-refractivity contribution in [2.75, 3.05) is 0 Å². The van der Waals surface area contributed by atoms with Crippen LogP contribution in [-0.4, -0.2) is 28.4 Å². The van der Waals surface area contributed by atoms with Crippen molar-refractivity contribution in [2.24, 2.45) is 0 Å². The monoisotopic (exact) mass is 417 g/mol. The molecule has 1 heterocycles. The van der Waals surface area contributed by atoms with E-state index in [4.69, 9.17) is 27.9 Å². The van der Waals surface area contributed by atoms with Crippen molar-refractivity contribution in [1.29, 1.82) is 0 Å². The van der Waals surface area contributed by atoms with Crippen LogP contribution in [0.15, 0.2) is 36.4 Å². The van der Waals surface area contributed by atoms with Gasteiger partial charge in [0.25, 0.3) is 5.91 Å². The molecule has 0 saturated heterocycles. The number of fused-ring (bicyclic) bond motifs is 1. The van der Waals surface area contributed by atoms with Crippen LogP contribution < -0.4 is 4.74 Å². The van der Waals surface area contributed by atoms with Gasteiger partial charge in [-0.3, -0.25) is 14.4 Å². The van der Waals surface area contributed by atoms with Gasteiger partial charge in [0.15, 0.2) is 5.78 Å². The van der Waals surface area contributed by atoms with E-state index >= 15 is 0 Å². The summed E-state index contributed by atoms with van der Waals surface area (Å²) in [5, 5.41) is 1.11. The minimum Gasteiger partial charge on any atom is -0.488 e. The van der Waals surface area contributed by atoms with E-state index in [0.29, 0.717) is 34.2 Å². The topological polar surface area (TPSA) is 63.7 Å². The van der Waals surface area contributed by atoms with Gasteiger partial charge in [0.2, 0.25) is 0 Å². The first-order chi connectivity index (χ1) is 13.4. The van der Waals surface area contributed by atoms with Crippen molar-refractivity contribution < 1.29 is 19.1 Å². The zero-order chi connectivity index (χ0) is 19.8. The fourth-order valence-corrected chi connectivity index (χ4v) is 4.08. The number of nitrogens with zero attached hydrogens (tertiary/aromatic N) is 1. The van der Waals surface area contributed by atoms with E-state index in [1.54, 1.807) is 41.3 Å². The molecule has 28 heavy (non-hydrogen) atoms. The second kappa shape index (κ2) is 7.57. The molecule has 2 aromatic rings. The summed E-state index contributed by atoms with van der Waals surface area (Å²) >= 11 is 12.2. The summed E-state index contributed by atoms with van der Waals surface area (Å²) in [7, 11) is 0. The Balaban J connectivity index is 1.55. The van der Waals surface area contributed by atoms with Gasteiger partial charge in [0.1, 0.15) is 18.1 Å². The number of Topliss-reactive ketones (excluding diaryl/α,β-unsaturated/α-hetero) is 2. The zero-order valence-electron chi connectivity index (χ0n) is 14.9. The summed E-state index contributed by atoms with van der Waals surface area (Å²) in [6.45, 7) is 0.499. The van der Waals surface area contributed by atoms with Crippen LogP contribution in [0.1, 0.15) is 40.7 Å². The molecule has 1 atom stereocenters. The second-order valence-electron chi connectivity index (χ2n) is 6.98. The predicted molar refractivity (Wildman–Crippen MR) is 105 cm³/mol. The number of hydrogen-bond acceptors (Lipinski definition) is 4. The van der Waals surface area contributed by atoms with Crippen molar-refractivity contribution in [3.8, 4) is 5.75 Å². The van der Waals surface area contributed by atoms with E-state index in [9.17, 15) is 14.4 Å². The molecule has 1 aliphatic heterocycles. The first kappa shape index (κ1) is 19.0. The Kier molecular flexibility index (Phi) is 5.13. The van der Waals surface area contributed by atoms with Gasteiger partial charge in [-0.2, -0.15) is 0 Å². The first-order valence-electron chi connectivity index (χ1n) is 8.98. The third kappa shape index (κ3) is 3.52.